The Labute approximate surface area is 133 Å². The van der Waals surface area contributed by atoms with Crippen LogP contribution >= 0.6 is 23.2 Å². The summed E-state index contributed by atoms with van der Waals surface area (Å²) >= 11 is 12.3. The Morgan fingerprint density at radius 1 is 1.19 bits per heavy atom. The van der Waals surface area contributed by atoms with Crippen molar-refractivity contribution in [2.24, 2.45) is 0 Å². The molecule has 0 aliphatic heterocycles. The van der Waals surface area contributed by atoms with Crippen LogP contribution < -0.4 is 10.5 Å². The third-order valence-electron chi connectivity index (χ3n) is 3.35. The Morgan fingerprint density at radius 2 is 1.86 bits per heavy atom. The van der Waals surface area contributed by atoms with Gasteiger partial charge in [0.15, 0.2) is 0 Å². The number of rotatable bonds is 5. The number of aromatic nitrogens is 2. The molecule has 2 aromatic rings. The van der Waals surface area contributed by atoms with Crippen LogP contribution in [-0.4, -0.2) is 22.9 Å². The van der Waals surface area contributed by atoms with E-state index in [2.05, 4.69) is 5.10 Å². The maximum absolute atomic E-state index is 12.3. The lowest BCUT2D eigenvalue weighted by Crippen LogP contribution is -2.29. The summed E-state index contributed by atoms with van der Waals surface area (Å²) in [6.45, 7) is 5.86. The summed E-state index contributed by atoms with van der Waals surface area (Å²) in [6, 6.07) is 7.37. The molecule has 0 saturated heterocycles. The third-order valence-corrected chi connectivity index (χ3v) is 4.07. The van der Waals surface area contributed by atoms with Crippen LogP contribution in [0.4, 0.5) is 5.69 Å². The minimum atomic E-state index is -0.305. The normalized spacial score (nSPS) is 10.7. The molecule has 2 rings (SSSR count). The molecule has 1 heterocycles. The molecule has 0 atom stereocenters. The summed E-state index contributed by atoms with van der Waals surface area (Å²) in [5.41, 5.74) is 1.20. The molecule has 0 N–H and O–H groups in total. The Balaban J connectivity index is 2.38. The van der Waals surface area contributed by atoms with Gasteiger partial charge in [-0.3, -0.25) is 4.79 Å². The van der Waals surface area contributed by atoms with E-state index < -0.39 is 0 Å². The zero-order chi connectivity index (χ0) is 15.4. The van der Waals surface area contributed by atoms with Gasteiger partial charge in [-0.25, -0.2) is 4.68 Å². The molecule has 0 aliphatic carbocycles. The summed E-state index contributed by atoms with van der Waals surface area (Å²) in [7, 11) is 0. The summed E-state index contributed by atoms with van der Waals surface area (Å²) in [4.78, 5) is 14.3. The maximum Gasteiger partial charge on any atom is 0.287 e. The van der Waals surface area contributed by atoms with E-state index in [0.29, 0.717) is 17.3 Å². The van der Waals surface area contributed by atoms with Crippen molar-refractivity contribution < 1.29 is 0 Å². The standard InChI is InChI=1S/C15H17Cl2N3O/c1-3-19(4-2)13-9-18-20(15(21)14(13)17)10-11-7-5-6-8-12(11)16/h5-9H,3-4,10H2,1-2H3. The van der Waals surface area contributed by atoms with E-state index in [1.807, 2.05) is 36.9 Å². The highest BCUT2D eigenvalue weighted by Crippen LogP contribution is 2.21. The van der Waals surface area contributed by atoms with Crippen molar-refractivity contribution in [2.75, 3.05) is 18.0 Å². The Morgan fingerprint density at radius 3 is 2.48 bits per heavy atom. The van der Waals surface area contributed by atoms with Gasteiger partial charge in [0.25, 0.3) is 5.56 Å². The molecule has 0 saturated carbocycles. The highest BCUT2D eigenvalue weighted by molar-refractivity contribution is 6.33. The average Bonchev–Trinajstić information content (AvgIpc) is 2.49. The predicted molar refractivity (Wildman–Crippen MR) is 87.6 cm³/mol. The predicted octanol–water partition coefficient (Wildman–Crippen LogP) is 3.44. The minimum Gasteiger partial charge on any atom is -0.369 e. The molecule has 0 amide bonds. The van der Waals surface area contributed by atoms with E-state index in [4.69, 9.17) is 23.2 Å². The first-order valence-electron chi connectivity index (χ1n) is 6.82. The zero-order valence-corrected chi connectivity index (χ0v) is 13.5. The van der Waals surface area contributed by atoms with Crippen molar-refractivity contribution in [3.05, 3.63) is 56.4 Å². The highest BCUT2D eigenvalue weighted by Gasteiger charge is 2.14. The molecule has 6 heteroatoms. The van der Waals surface area contributed by atoms with Gasteiger partial charge in [0, 0.05) is 18.1 Å². The van der Waals surface area contributed by atoms with Crippen molar-refractivity contribution in [1.82, 2.24) is 9.78 Å². The fourth-order valence-electron chi connectivity index (χ4n) is 2.14. The fraction of sp³-hybridized carbons (Fsp3) is 0.333. The minimum absolute atomic E-state index is 0.195. The van der Waals surface area contributed by atoms with Gasteiger partial charge >= 0.3 is 0 Å². The quantitative estimate of drug-likeness (QED) is 0.845. The van der Waals surface area contributed by atoms with Crippen LogP contribution in [0.2, 0.25) is 10.0 Å². The maximum atomic E-state index is 12.3. The lowest BCUT2D eigenvalue weighted by atomic mass is 10.2. The van der Waals surface area contributed by atoms with Gasteiger partial charge in [0.05, 0.1) is 18.4 Å². The lowest BCUT2D eigenvalue weighted by Gasteiger charge is -2.21. The molecular formula is C15H17Cl2N3O. The molecule has 21 heavy (non-hydrogen) atoms. The van der Waals surface area contributed by atoms with Crippen LogP contribution in [0.1, 0.15) is 19.4 Å². The molecule has 0 spiro atoms. The fourth-order valence-corrected chi connectivity index (χ4v) is 2.60. The Bertz CT molecular complexity index is 681. The van der Waals surface area contributed by atoms with Crippen molar-refractivity contribution in [2.45, 2.75) is 20.4 Å². The first-order valence-corrected chi connectivity index (χ1v) is 7.58. The first kappa shape index (κ1) is 15.9. The van der Waals surface area contributed by atoms with Crippen LogP contribution in [0.15, 0.2) is 35.3 Å². The second-order valence-electron chi connectivity index (χ2n) is 4.57. The lowest BCUT2D eigenvalue weighted by molar-refractivity contribution is 0.636. The van der Waals surface area contributed by atoms with Gasteiger partial charge in [-0.1, -0.05) is 41.4 Å². The number of hydrogen-bond donors (Lipinski definition) is 0. The van der Waals surface area contributed by atoms with Gasteiger partial charge in [-0.15, -0.1) is 0 Å². The topological polar surface area (TPSA) is 38.1 Å². The van der Waals surface area contributed by atoms with Crippen LogP contribution in [0.3, 0.4) is 0 Å². The van der Waals surface area contributed by atoms with Crippen LogP contribution in [-0.2, 0) is 6.54 Å². The highest BCUT2D eigenvalue weighted by atomic mass is 35.5. The average molecular weight is 326 g/mol. The number of anilines is 1. The summed E-state index contributed by atoms with van der Waals surface area (Å²) in [5.74, 6) is 0. The second kappa shape index (κ2) is 6.96. The van der Waals surface area contributed by atoms with Crippen LogP contribution in [0, 0.1) is 0 Å². The van der Waals surface area contributed by atoms with E-state index in [9.17, 15) is 4.79 Å². The number of nitrogens with zero attached hydrogens (tertiary/aromatic N) is 3. The van der Waals surface area contributed by atoms with E-state index in [-0.39, 0.29) is 10.6 Å². The number of halogens is 2. The summed E-state index contributed by atoms with van der Waals surface area (Å²) in [6.07, 6.45) is 1.63. The largest absolute Gasteiger partial charge is 0.369 e. The monoisotopic (exact) mass is 325 g/mol. The van der Waals surface area contributed by atoms with Gasteiger partial charge in [-0.05, 0) is 25.5 Å². The van der Waals surface area contributed by atoms with E-state index >= 15 is 0 Å². The Kier molecular flexibility index (Phi) is 5.26. The van der Waals surface area contributed by atoms with Gasteiger partial charge in [-0.2, -0.15) is 5.10 Å². The van der Waals surface area contributed by atoms with Gasteiger partial charge in [0.1, 0.15) is 5.02 Å². The molecule has 0 fully saturated rings. The molecule has 1 aromatic carbocycles. The SMILES string of the molecule is CCN(CC)c1cnn(Cc2ccccc2Cl)c(=O)c1Cl. The van der Waals surface area contributed by atoms with E-state index in [1.54, 1.807) is 12.3 Å². The number of benzene rings is 1. The molecule has 1 aromatic heterocycles. The molecular weight excluding hydrogens is 309 g/mol. The van der Waals surface area contributed by atoms with Crippen molar-refractivity contribution >= 4 is 28.9 Å². The van der Waals surface area contributed by atoms with Crippen molar-refractivity contribution in [1.29, 1.82) is 0 Å². The zero-order valence-electron chi connectivity index (χ0n) is 12.0. The van der Waals surface area contributed by atoms with E-state index in [1.165, 1.54) is 4.68 Å². The van der Waals surface area contributed by atoms with Gasteiger partial charge < -0.3 is 4.90 Å². The molecule has 0 bridgehead atoms. The smallest absolute Gasteiger partial charge is 0.287 e. The van der Waals surface area contributed by atoms with E-state index in [0.717, 1.165) is 18.7 Å². The summed E-state index contributed by atoms with van der Waals surface area (Å²) in [5, 5.41) is 5.01. The molecule has 4 nitrogen and oxygen atoms in total. The third kappa shape index (κ3) is 3.39. The molecule has 0 unspecified atom stereocenters. The molecule has 0 radical (unpaired) electrons. The molecule has 0 aliphatic rings. The summed E-state index contributed by atoms with van der Waals surface area (Å²) < 4.78 is 1.33. The Hall–Kier alpha value is -1.52. The molecule has 112 valence electrons. The van der Waals surface area contributed by atoms with Gasteiger partial charge in [0.2, 0.25) is 0 Å². The van der Waals surface area contributed by atoms with Crippen LogP contribution in [0.25, 0.3) is 0 Å². The first-order chi connectivity index (χ1) is 10.1. The number of hydrogen-bond acceptors (Lipinski definition) is 3. The van der Waals surface area contributed by atoms with Crippen molar-refractivity contribution in [3.8, 4) is 0 Å². The second-order valence-corrected chi connectivity index (χ2v) is 5.36. The van der Waals surface area contributed by atoms with Crippen molar-refractivity contribution in [3.63, 3.8) is 0 Å². The van der Waals surface area contributed by atoms with Crippen LogP contribution in [0.5, 0.6) is 0 Å².